The summed E-state index contributed by atoms with van der Waals surface area (Å²) in [5.74, 6) is -0.420. The zero-order valence-electron chi connectivity index (χ0n) is 18.5. The van der Waals surface area contributed by atoms with Crippen molar-refractivity contribution in [1.82, 2.24) is 4.72 Å². The van der Waals surface area contributed by atoms with E-state index >= 15 is 0 Å². The van der Waals surface area contributed by atoms with E-state index < -0.39 is 15.8 Å². The highest BCUT2D eigenvalue weighted by atomic mass is 32.2. The Kier molecular flexibility index (Phi) is 6.22. The Balaban J connectivity index is 1.64. The second kappa shape index (κ2) is 8.92. The van der Waals surface area contributed by atoms with Crippen molar-refractivity contribution in [1.29, 1.82) is 0 Å². The van der Waals surface area contributed by atoms with Crippen molar-refractivity contribution in [3.8, 4) is 0 Å². The van der Waals surface area contributed by atoms with Gasteiger partial charge in [0.05, 0.1) is 10.9 Å². The maximum absolute atomic E-state index is 13.6. The van der Waals surface area contributed by atoms with Crippen molar-refractivity contribution in [3.63, 3.8) is 0 Å². The Morgan fingerprint density at radius 2 is 1.78 bits per heavy atom. The van der Waals surface area contributed by atoms with Gasteiger partial charge in [0.15, 0.2) is 0 Å². The lowest BCUT2D eigenvalue weighted by Crippen LogP contribution is -2.37. The first-order chi connectivity index (χ1) is 15.3. The fraction of sp³-hybridized carbons (Fsp3) is 0.280. The zero-order valence-corrected chi connectivity index (χ0v) is 19.4. The Labute approximate surface area is 189 Å². The van der Waals surface area contributed by atoms with Gasteiger partial charge in [-0.2, -0.15) is 0 Å². The van der Waals surface area contributed by atoms with Crippen molar-refractivity contribution in [2.75, 3.05) is 37.0 Å². The largest absolute Gasteiger partial charge is 0.378 e. The van der Waals surface area contributed by atoms with E-state index in [2.05, 4.69) is 33.9 Å². The molecule has 5 nitrogen and oxygen atoms in total. The van der Waals surface area contributed by atoms with Gasteiger partial charge in [-0.3, -0.25) is 0 Å². The molecule has 0 aromatic heterocycles. The second-order valence-electron chi connectivity index (χ2n) is 8.34. The molecule has 0 spiro atoms. The van der Waals surface area contributed by atoms with Gasteiger partial charge in [0.2, 0.25) is 10.0 Å². The molecule has 0 bridgehead atoms. The Bertz CT molecular complexity index is 1210. The van der Waals surface area contributed by atoms with Crippen molar-refractivity contribution < 1.29 is 12.8 Å². The number of hydrogen-bond acceptors (Lipinski definition) is 4. The average Bonchev–Trinajstić information content (AvgIpc) is 3.20. The molecule has 0 aliphatic carbocycles. The number of para-hydroxylation sites is 1. The Hall–Kier alpha value is -2.90. The smallest absolute Gasteiger partial charge is 0.240 e. The lowest BCUT2D eigenvalue weighted by Gasteiger charge is -2.31. The van der Waals surface area contributed by atoms with E-state index in [1.807, 2.05) is 43.3 Å². The molecule has 3 aromatic carbocycles. The Morgan fingerprint density at radius 1 is 1.06 bits per heavy atom. The van der Waals surface area contributed by atoms with E-state index in [-0.39, 0.29) is 17.5 Å². The van der Waals surface area contributed by atoms with Crippen LogP contribution in [-0.4, -0.2) is 35.6 Å². The summed E-state index contributed by atoms with van der Waals surface area (Å²) in [5, 5.41) is 0. The van der Waals surface area contributed by atoms with Gasteiger partial charge in [-0.1, -0.05) is 30.3 Å². The zero-order chi connectivity index (χ0) is 22.9. The van der Waals surface area contributed by atoms with Crippen LogP contribution in [0.5, 0.6) is 0 Å². The van der Waals surface area contributed by atoms with Crippen LogP contribution in [-0.2, 0) is 16.4 Å². The van der Waals surface area contributed by atoms with E-state index in [0.29, 0.717) is 5.56 Å². The molecule has 1 aliphatic rings. The molecule has 0 saturated carbocycles. The molecule has 4 rings (SSSR count). The standard InChI is InChI=1S/C25H28FN3O2S/c1-18-16-22(12-13-23(18)26)32(30,31)27-17-25(20-8-10-21(11-9-20)28(2)3)29-15-14-19-6-4-5-7-24(19)29/h4-13,16,25,27H,14-15,17H2,1-3H3. The average molecular weight is 454 g/mol. The highest BCUT2D eigenvalue weighted by Crippen LogP contribution is 2.35. The highest BCUT2D eigenvalue weighted by Gasteiger charge is 2.28. The van der Waals surface area contributed by atoms with Gasteiger partial charge in [-0.05, 0) is 66.4 Å². The second-order valence-corrected chi connectivity index (χ2v) is 10.1. The third-order valence-electron chi connectivity index (χ3n) is 6.00. The molecule has 32 heavy (non-hydrogen) atoms. The van der Waals surface area contributed by atoms with Crippen molar-refractivity contribution >= 4 is 21.4 Å². The van der Waals surface area contributed by atoms with Crippen LogP contribution in [0.15, 0.2) is 71.6 Å². The van der Waals surface area contributed by atoms with Gasteiger partial charge in [0.25, 0.3) is 0 Å². The topological polar surface area (TPSA) is 52.7 Å². The number of nitrogens with zero attached hydrogens (tertiary/aromatic N) is 2. The van der Waals surface area contributed by atoms with Crippen LogP contribution >= 0.6 is 0 Å². The summed E-state index contributed by atoms with van der Waals surface area (Å²) in [6.07, 6.45) is 0.923. The first-order valence-corrected chi connectivity index (χ1v) is 12.1. The fourth-order valence-corrected chi connectivity index (χ4v) is 5.27. The summed E-state index contributed by atoms with van der Waals surface area (Å²) in [6.45, 7) is 2.58. The van der Waals surface area contributed by atoms with Crippen LogP contribution in [0.4, 0.5) is 15.8 Å². The van der Waals surface area contributed by atoms with Crippen molar-refractivity contribution in [2.24, 2.45) is 0 Å². The molecule has 7 heteroatoms. The van der Waals surface area contributed by atoms with Gasteiger partial charge < -0.3 is 9.80 Å². The first kappa shape index (κ1) is 22.3. The SMILES string of the molecule is Cc1cc(S(=O)(=O)NCC(c2ccc(N(C)C)cc2)N2CCc3ccccc32)ccc1F. The molecule has 0 fully saturated rings. The summed E-state index contributed by atoms with van der Waals surface area (Å²) in [5.41, 5.74) is 4.81. The van der Waals surface area contributed by atoms with Gasteiger partial charge in [0.1, 0.15) is 5.82 Å². The molecular formula is C25H28FN3O2S. The van der Waals surface area contributed by atoms with Crippen LogP contribution < -0.4 is 14.5 Å². The molecule has 0 saturated heterocycles. The molecule has 168 valence electrons. The quantitative estimate of drug-likeness (QED) is 0.580. The third-order valence-corrected chi connectivity index (χ3v) is 7.42. The monoisotopic (exact) mass is 453 g/mol. The predicted octanol–water partition coefficient (Wildman–Crippen LogP) is 4.28. The molecule has 1 unspecified atom stereocenters. The molecule has 1 atom stereocenters. The normalized spacial score (nSPS) is 14.3. The number of nitrogens with one attached hydrogen (secondary N) is 1. The minimum Gasteiger partial charge on any atom is -0.378 e. The highest BCUT2D eigenvalue weighted by molar-refractivity contribution is 7.89. The van der Waals surface area contributed by atoms with Crippen LogP contribution in [0.3, 0.4) is 0 Å². The van der Waals surface area contributed by atoms with Crippen LogP contribution in [0.1, 0.15) is 22.7 Å². The maximum atomic E-state index is 13.6. The molecule has 1 aliphatic heterocycles. The summed E-state index contributed by atoms with van der Waals surface area (Å²) >= 11 is 0. The molecule has 1 N–H and O–H groups in total. The van der Waals surface area contributed by atoms with Gasteiger partial charge in [-0.15, -0.1) is 0 Å². The summed E-state index contributed by atoms with van der Waals surface area (Å²) in [7, 11) is 0.194. The predicted molar refractivity (Wildman–Crippen MR) is 127 cm³/mol. The maximum Gasteiger partial charge on any atom is 0.240 e. The van der Waals surface area contributed by atoms with E-state index in [4.69, 9.17) is 0 Å². The Morgan fingerprint density at radius 3 is 2.47 bits per heavy atom. The van der Waals surface area contributed by atoms with Crippen LogP contribution in [0, 0.1) is 12.7 Å². The number of rotatable bonds is 7. The van der Waals surface area contributed by atoms with Gasteiger partial charge in [0, 0.05) is 38.6 Å². The lowest BCUT2D eigenvalue weighted by atomic mass is 10.0. The molecule has 0 amide bonds. The van der Waals surface area contributed by atoms with Crippen molar-refractivity contribution in [3.05, 3.63) is 89.2 Å². The van der Waals surface area contributed by atoms with Crippen LogP contribution in [0.25, 0.3) is 0 Å². The molecule has 3 aromatic rings. The number of sulfonamides is 1. The number of aryl methyl sites for hydroxylation is 1. The van der Waals surface area contributed by atoms with E-state index in [1.165, 1.54) is 23.8 Å². The number of halogens is 1. The minimum absolute atomic E-state index is 0.0694. The minimum atomic E-state index is -3.78. The number of benzene rings is 3. The molecule has 0 radical (unpaired) electrons. The van der Waals surface area contributed by atoms with E-state index in [9.17, 15) is 12.8 Å². The summed E-state index contributed by atoms with van der Waals surface area (Å²) < 4.78 is 42.3. The van der Waals surface area contributed by atoms with E-state index in [0.717, 1.165) is 29.9 Å². The number of hydrogen-bond donors (Lipinski definition) is 1. The summed E-state index contributed by atoms with van der Waals surface area (Å²) in [4.78, 5) is 4.36. The third kappa shape index (κ3) is 4.49. The summed E-state index contributed by atoms with van der Waals surface area (Å²) in [6, 6.07) is 20.1. The van der Waals surface area contributed by atoms with Crippen LogP contribution in [0.2, 0.25) is 0 Å². The molecular weight excluding hydrogens is 425 g/mol. The van der Waals surface area contributed by atoms with Gasteiger partial charge in [-0.25, -0.2) is 17.5 Å². The van der Waals surface area contributed by atoms with Gasteiger partial charge >= 0.3 is 0 Å². The van der Waals surface area contributed by atoms with Crippen molar-refractivity contribution in [2.45, 2.75) is 24.3 Å². The lowest BCUT2D eigenvalue weighted by molar-refractivity contribution is 0.562. The number of fused-ring (bicyclic) bond motifs is 1. The van der Waals surface area contributed by atoms with E-state index in [1.54, 1.807) is 6.92 Å². The number of anilines is 2. The first-order valence-electron chi connectivity index (χ1n) is 10.6. The fourth-order valence-electron chi connectivity index (χ4n) is 4.15. The molecule has 1 heterocycles.